The van der Waals surface area contributed by atoms with Crippen LogP contribution in [0.15, 0.2) is 35.9 Å². The molecule has 0 saturated carbocycles. The van der Waals surface area contributed by atoms with Gasteiger partial charge >= 0.3 is 0 Å². The van der Waals surface area contributed by atoms with Crippen LogP contribution in [0.5, 0.6) is 11.5 Å². The van der Waals surface area contributed by atoms with E-state index in [9.17, 15) is 10.2 Å². The maximum Gasteiger partial charge on any atom is 0.132 e. The van der Waals surface area contributed by atoms with Gasteiger partial charge in [-0.3, -0.25) is 0 Å². The van der Waals surface area contributed by atoms with Crippen molar-refractivity contribution in [2.45, 2.75) is 6.42 Å². The van der Waals surface area contributed by atoms with Crippen LogP contribution < -0.4 is 0 Å². The van der Waals surface area contributed by atoms with E-state index < -0.39 is 0 Å². The number of aromatic hydroxyl groups is 2. The topological polar surface area (TPSA) is 40.5 Å². The van der Waals surface area contributed by atoms with E-state index in [0.717, 1.165) is 12.0 Å². The standard InChI is InChI=1S/C15H10O2/c1-2-12-9-15(17)13(10-14(12)16)8-7-11-5-3-4-6-11/h1,3-5,9-10,16-17H,6H2. The van der Waals surface area contributed by atoms with Crippen molar-refractivity contribution in [1.29, 1.82) is 0 Å². The van der Waals surface area contributed by atoms with E-state index in [1.54, 1.807) is 0 Å². The fourth-order valence-electron chi connectivity index (χ4n) is 1.48. The predicted molar refractivity (Wildman–Crippen MR) is 66.4 cm³/mol. The van der Waals surface area contributed by atoms with Gasteiger partial charge in [0.2, 0.25) is 0 Å². The molecule has 0 atom stereocenters. The van der Waals surface area contributed by atoms with E-state index in [-0.39, 0.29) is 17.1 Å². The van der Waals surface area contributed by atoms with E-state index in [1.165, 1.54) is 12.1 Å². The van der Waals surface area contributed by atoms with Gasteiger partial charge in [0.25, 0.3) is 0 Å². The lowest BCUT2D eigenvalue weighted by atomic mass is 10.1. The zero-order valence-electron chi connectivity index (χ0n) is 9.07. The lowest BCUT2D eigenvalue weighted by molar-refractivity contribution is 0.457. The van der Waals surface area contributed by atoms with Gasteiger partial charge in [0, 0.05) is 17.7 Å². The van der Waals surface area contributed by atoms with Crippen LogP contribution in [-0.4, -0.2) is 10.2 Å². The molecule has 0 bridgehead atoms. The first-order valence-electron chi connectivity index (χ1n) is 5.11. The van der Waals surface area contributed by atoms with Gasteiger partial charge in [-0.2, -0.15) is 0 Å². The summed E-state index contributed by atoms with van der Waals surface area (Å²) in [5, 5.41) is 19.2. The van der Waals surface area contributed by atoms with Crippen LogP contribution in [0.2, 0.25) is 0 Å². The number of hydrogen-bond acceptors (Lipinski definition) is 2. The number of hydrogen-bond donors (Lipinski definition) is 2. The minimum absolute atomic E-state index is 0.0187. The number of terminal acetylenes is 1. The highest BCUT2D eigenvalue weighted by Gasteiger charge is 2.05. The van der Waals surface area contributed by atoms with Crippen molar-refractivity contribution in [2.75, 3.05) is 0 Å². The van der Waals surface area contributed by atoms with Gasteiger partial charge in [0.15, 0.2) is 0 Å². The van der Waals surface area contributed by atoms with E-state index >= 15 is 0 Å². The van der Waals surface area contributed by atoms with Gasteiger partial charge in [0.05, 0.1) is 11.1 Å². The Bertz CT molecular complexity index is 617. The van der Waals surface area contributed by atoms with Gasteiger partial charge in [0.1, 0.15) is 11.5 Å². The second-order valence-corrected chi connectivity index (χ2v) is 3.61. The molecular weight excluding hydrogens is 212 g/mol. The van der Waals surface area contributed by atoms with Crippen LogP contribution in [0, 0.1) is 24.2 Å². The highest BCUT2D eigenvalue weighted by Crippen LogP contribution is 2.26. The maximum atomic E-state index is 9.68. The molecule has 0 saturated heterocycles. The van der Waals surface area contributed by atoms with E-state index in [1.807, 2.05) is 18.2 Å². The molecule has 1 aliphatic rings. The third-order valence-corrected chi connectivity index (χ3v) is 2.40. The summed E-state index contributed by atoms with van der Waals surface area (Å²) in [6.45, 7) is 0. The molecule has 2 heteroatoms. The summed E-state index contributed by atoms with van der Waals surface area (Å²) in [6, 6.07) is 2.71. The summed E-state index contributed by atoms with van der Waals surface area (Å²) >= 11 is 0. The monoisotopic (exact) mass is 222 g/mol. The third-order valence-electron chi connectivity index (χ3n) is 2.40. The van der Waals surface area contributed by atoms with Crippen LogP contribution in [0.3, 0.4) is 0 Å². The van der Waals surface area contributed by atoms with E-state index in [4.69, 9.17) is 6.42 Å². The summed E-state index contributed by atoms with van der Waals surface area (Å²) in [5.74, 6) is 7.95. The Morgan fingerprint density at radius 1 is 1.06 bits per heavy atom. The number of allylic oxidation sites excluding steroid dienone is 4. The molecule has 1 aromatic rings. The highest BCUT2D eigenvalue weighted by molar-refractivity contribution is 5.58. The number of phenols is 2. The first-order chi connectivity index (χ1) is 8.20. The van der Waals surface area contributed by atoms with Crippen molar-refractivity contribution in [3.05, 3.63) is 47.1 Å². The summed E-state index contributed by atoms with van der Waals surface area (Å²) in [7, 11) is 0. The lowest BCUT2D eigenvalue weighted by Gasteiger charge is -2.01. The average molecular weight is 222 g/mol. The number of rotatable bonds is 0. The zero-order valence-corrected chi connectivity index (χ0v) is 9.07. The number of phenolic OH excluding ortho intramolecular Hbond substituents is 2. The van der Waals surface area contributed by atoms with Crippen LogP contribution in [-0.2, 0) is 0 Å². The predicted octanol–water partition coefficient (Wildman–Crippen LogP) is 2.32. The third kappa shape index (κ3) is 2.33. The fraction of sp³-hybridized carbons (Fsp3) is 0.0667. The molecule has 1 aliphatic carbocycles. The Hall–Kier alpha value is -2.58. The lowest BCUT2D eigenvalue weighted by Crippen LogP contribution is -1.82. The highest BCUT2D eigenvalue weighted by atomic mass is 16.3. The van der Waals surface area contributed by atoms with Crippen LogP contribution in [0.25, 0.3) is 0 Å². The molecule has 0 amide bonds. The zero-order chi connectivity index (χ0) is 12.3. The maximum absolute atomic E-state index is 9.68. The van der Waals surface area contributed by atoms with Crippen molar-refractivity contribution < 1.29 is 10.2 Å². The van der Waals surface area contributed by atoms with Gasteiger partial charge < -0.3 is 10.2 Å². The molecule has 82 valence electrons. The molecule has 1 aromatic carbocycles. The smallest absolute Gasteiger partial charge is 0.132 e. The quantitative estimate of drug-likeness (QED) is 0.522. The fourth-order valence-corrected chi connectivity index (χ4v) is 1.48. The second-order valence-electron chi connectivity index (χ2n) is 3.61. The van der Waals surface area contributed by atoms with Crippen molar-refractivity contribution in [1.82, 2.24) is 0 Å². The molecule has 0 aromatic heterocycles. The van der Waals surface area contributed by atoms with E-state index in [2.05, 4.69) is 17.8 Å². The summed E-state index contributed by atoms with van der Waals surface area (Å²) in [4.78, 5) is 0. The summed E-state index contributed by atoms with van der Waals surface area (Å²) in [5.41, 5.74) is 1.61. The van der Waals surface area contributed by atoms with Crippen LogP contribution in [0.1, 0.15) is 17.5 Å². The largest absolute Gasteiger partial charge is 0.507 e. The molecule has 2 nitrogen and oxygen atoms in total. The SMILES string of the molecule is C#Cc1cc(O)c(C#CC2=CC=CC2)cc1O. The van der Waals surface area contributed by atoms with Crippen molar-refractivity contribution in [3.63, 3.8) is 0 Å². The Kier molecular flexibility index (Phi) is 2.90. The minimum atomic E-state index is -0.0480. The average Bonchev–Trinajstić information content (AvgIpc) is 2.82. The Balaban J connectivity index is 2.34. The molecule has 17 heavy (non-hydrogen) atoms. The molecule has 0 fully saturated rings. The molecule has 2 N–H and O–H groups in total. The Morgan fingerprint density at radius 3 is 2.41 bits per heavy atom. The van der Waals surface area contributed by atoms with Gasteiger partial charge in [-0.1, -0.05) is 36.0 Å². The molecule has 2 rings (SSSR count). The Morgan fingerprint density at radius 2 is 1.76 bits per heavy atom. The molecule has 0 aliphatic heterocycles. The van der Waals surface area contributed by atoms with Gasteiger partial charge in [-0.15, -0.1) is 6.42 Å². The minimum Gasteiger partial charge on any atom is -0.507 e. The molecule has 0 unspecified atom stereocenters. The summed E-state index contributed by atoms with van der Waals surface area (Å²) < 4.78 is 0. The normalized spacial score (nSPS) is 12.5. The van der Waals surface area contributed by atoms with Crippen LogP contribution >= 0.6 is 0 Å². The van der Waals surface area contributed by atoms with Crippen LogP contribution in [0.4, 0.5) is 0 Å². The molecule has 0 spiro atoms. The van der Waals surface area contributed by atoms with Crippen molar-refractivity contribution in [2.24, 2.45) is 0 Å². The molecule has 0 heterocycles. The van der Waals surface area contributed by atoms with Gasteiger partial charge in [-0.05, 0) is 6.42 Å². The molecular formula is C15H10O2. The first kappa shape index (κ1) is 10.9. The second kappa shape index (κ2) is 4.51. The number of benzene rings is 1. The first-order valence-corrected chi connectivity index (χ1v) is 5.11. The Labute approximate surface area is 99.9 Å². The van der Waals surface area contributed by atoms with Gasteiger partial charge in [-0.25, -0.2) is 0 Å². The summed E-state index contributed by atoms with van der Waals surface area (Å²) in [6.07, 6.45) is 11.8. The van der Waals surface area contributed by atoms with Crippen molar-refractivity contribution >= 4 is 0 Å². The van der Waals surface area contributed by atoms with Crippen molar-refractivity contribution in [3.8, 4) is 35.7 Å². The molecule has 0 radical (unpaired) electrons. The van der Waals surface area contributed by atoms with E-state index in [0.29, 0.717) is 5.56 Å².